The first-order chi connectivity index (χ1) is 13.2. The molecule has 9 heteroatoms. The lowest BCUT2D eigenvalue weighted by molar-refractivity contribution is -0.153. The molecule has 0 aliphatic carbocycles. The Morgan fingerprint density at radius 3 is 2.14 bits per heavy atom. The van der Waals surface area contributed by atoms with Gasteiger partial charge in [-0.05, 0) is 36.2 Å². The highest BCUT2D eigenvalue weighted by Crippen LogP contribution is 2.28. The van der Waals surface area contributed by atoms with E-state index in [1.807, 2.05) is 0 Å². The Morgan fingerprint density at radius 2 is 1.57 bits per heavy atom. The van der Waals surface area contributed by atoms with E-state index in [0.717, 1.165) is 5.56 Å². The molecule has 0 unspecified atom stereocenters. The van der Waals surface area contributed by atoms with Crippen LogP contribution in [0.15, 0.2) is 48.5 Å². The zero-order chi connectivity index (χ0) is 20.6. The van der Waals surface area contributed by atoms with Crippen molar-refractivity contribution in [2.45, 2.75) is 12.6 Å². The second-order valence-electron chi connectivity index (χ2n) is 5.74. The fraction of sp³-hybridized carbons (Fsp3) is 0.263. The molecule has 1 amide bonds. The van der Waals surface area contributed by atoms with Crippen LogP contribution in [0, 0.1) is 0 Å². The largest absolute Gasteiger partial charge is 0.480 e. The van der Waals surface area contributed by atoms with Crippen LogP contribution in [0.2, 0.25) is 0 Å². The predicted molar refractivity (Wildman–Crippen MR) is 93.6 cm³/mol. The van der Waals surface area contributed by atoms with Crippen LogP contribution in [0.4, 0.5) is 13.2 Å². The molecule has 2 N–H and O–H groups in total. The van der Waals surface area contributed by atoms with Crippen LogP contribution in [0.3, 0.4) is 0 Å². The minimum atomic E-state index is -4.48. The third kappa shape index (κ3) is 7.18. The van der Waals surface area contributed by atoms with E-state index in [1.54, 1.807) is 18.2 Å². The van der Waals surface area contributed by atoms with E-state index in [2.05, 4.69) is 10.1 Å². The van der Waals surface area contributed by atoms with Gasteiger partial charge in [-0.1, -0.05) is 24.3 Å². The van der Waals surface area contributed by atoms with Crippen molar-refractivity contribution in [1.82, 2.24) is 5.32 Å². The van der Waals surface area contributed by atoms with E-state index in [4.69, 9.17) is 9.84 Å². The zero-order valence-corrected chi connectivity index (χ0v) is 14.7. The summed E-state index contributed by atoms with van der Waals surface area (Å²) in [5.74, 6) is -1.54. The Morgan fingerprint density at radius 1 is 0.964 bits per heavy atom. The number of carboxylic acids is 1. The van der Waals surface area contributed by atoms with Gasteiger partial charge in [0.15, 0.2) is 24.7 Å². The molecule has 2 aromatic carbocycles. The van der Waals surface area contributed by atoms with Crippen molar-refractivity contribution < 1.29 is 37.3 Å². The number of hydrogen-bond acceptors (Lipinski definition) is 4. The highest BCUT2D eigenvalue weighted by atomic mass is 19.4. The minimum absolute atomic E-state index is 0.0335. The Balaban J connectivity index is 1.77. The van der Waals surface area contributed by atoms with E-state index in [9.17, 15) is 22.8 Å². The molecule has 0 fully saturated rings. The molecule has 2 aromatic rings. The summed E-state index contributed by atoms with van der Waals surface area (Å²) < 4.78 is 46.7. The van der Waals surface area contributed by atoms with Gasteiger partial charge in [0, 0.05) is 6.54 Å². The molecule has 150 valence electrons. The van der Waals surface area contributed by atoms with Gasteiger partial charge in [0.2, 0.25) is 0 Å². The van der Waals surface area contributed by atoms with Crippen LogP contribution in [0.1, 0.15) is 15.9 Å². The molecule has 0 heterocycles. The van der Waals surface area contributed by atoms with Crippen molar-refractivity contribution in [3.63, 3.8) is 0 Å². The number of nitrogens with one attached hydrogen (secondary N) is 1. The van der Waals surface area contributed by atoms with Gasteiger partial charge in [0.25, 0.3) is 5.91 Å². The summed E-state index contributed by atoms with van der Waals surface area (Å²) >= 11 is 0. The molecule has 0 radical (unpaired) electrons. The van der Waals surface area contributed by atoms with Crippen LogP contribution in [0.5, 0.6) is 11.5 Å². The number of aromatic carboxylic acids is 1. The molecule has 0 spiro atoms. The number of ether oxygens (including phenoxy) is 2. The van der Waals surface area contributed by atoms with Crippen molar-refractivity contribution >= 4 is 11.9 Å². The predicted octanol–water partition coefficient (Wildman–Crippen LogP) is 3.06. The van der Waals surface area contributed by atoms with Crippen LogP contribution in [-0.2, 0) is 11.2 Å². The van der Waals surface area contributed by atoms with Gasteiger partial charge in [0.1, 0.15) is 0 Å². The number of amides is 1. The van der Waals surface area contributed by atoms with Crippen molar-refractivity contribution in [3.8, 4) is 11.5 Å². The number of carbonyl (C=O) groups excluding carboxylic acids is 1. The van der Waals surface area contributed by atoms with E-state index in [0.29, 0.717) is 13.0 Å². The molecule has 0 aliphatic rings. The number of carboxylic acid groups (broad SMARTS) is 1. The van der Waals surface area contributed by atoms with Crippen LogP contribution in [0.25, 0.3) is 0 Å². The molecule has 0 atom stereocenters. The Bertz CT molecular complexity index is 806. The van der Waals surface area contributed by atoms with Gasteiger partial charge in [0.05, 0.1) is 5.56 Å². The average molecular weight is 397 g/mol. The van der Waals surface area contributed by atoms with Gasteiger partial charge in [-0.3, -0.25) is 4.79 Å². The maximum atomic E-state index is 12.3. The molecular formula is C19H18F3NO5. The van der Waals surface area contributed by atoms with Crippen molar-refractivity contribution in [2.24, 2.45) is 0 Å². The van der Waals surface area contributed by atoms with Gasteiger partial charge < -0.3 is 19.9 Å². The number of rotatable bonds is 9. The summed E-state index contributed by atoms with van der Waals surface area (Å²) in [4.78, 5) is 22.6. The molecule has 0 aromatic heterocycles. The maximum absolute atomic E-state index is 12.3. The highest BCUT2D eigenvalue weighted by Gasteiger charge is 2.29. The Kier molecular flexibility index (Phi) is 7.25. The second kappa shape index (κ2) is 9.63. The SMILES string of the molecule is O=C(COc1ccccc1OCC(F)(F)F)NCCc1ccc(C(=O)O)cc1. The molecule has 28 heavy (non-hydrogen) atoms. The summed E-state index contributed by atoms with van der Waals surface area (Å²) in [5.41, 5.74) is 1.02. The Labute approximate surface area is 158 Å². The lowest BCUT2D eigenvalue weighted by atomic mass is 10.1. The first-order valence-corrected chi connectivity index (χ1v) is 8.25. The first kappa shape index (κ1) is 21.1. The fourth-order valence-electron chi connectivity index (χ4n) is 2.20. The minimum Gasteiger partial charge on any atom is -0.480 e. The van der Waals surface area contributed by atoms with Crippen LogP contribution < -0.4 is 14.8 Å². The number of hydrogen-bond donors (Lipinski definition) is 2. The average Bonchev–Trinajstić information content (AvgIpc) is 2.65. The Hall–Kier alpha value is -3.23. The molecule has 2 rings (SSSR count). The second-order valence-corrected chi connectivity index (χ2v) is 5.74. The summed E-state index contributed by atoms with van der Waals surface area (Å²) in [6.45, 7) is -1.55. The fourth-order valence-corrected chi connectivity index (χ4v) is 2.20. The normalized spacial score (nSPS) is 11.0. The van der Waals surface area contributed by atoms with Crippen molar-refractivity contribution in [2.75, 3.05) is 19.8 Å². The zero-order valence-electron chi connectivity index (χ0n) is 14.7. The summed E-state index contributed by atoms with van der Waals surface area (Å²) in [6.07, 6.45) is -4.00. The first-order valence-electron chi connectivity index (χ1n) is 8.25. The quantitative estimate of drug-likeness (QED) is 0.679. The van der Waals surface area contributed by atoms with E-state index >= 15 is 0 Å². The van der Waals surface area contributed by atoms with Gasteiger partial charge in [-0.25, -0.2) is 4.79 Å². The van der Waals surface area contributed by atoms with E-state index in [-0.39, 0.29) is 23.7 Å². The number of halogens is 3. The number of carbonyl (C=O) groups is 2. The van der Waals surface area contributed by atoms with E-state index < -0.39 is 24.7 Å². The number of benzene rings is 2. The molecule has 0 bridgehead atoms. The maximum Gasteiger partial charge on any atom is 0.422 e. The number of alkyl halides is 3. The van der Waals surface area contributed by atoms with Crippen LogP contribution in [-0.4, -0.2) is 42.9 Å². The van der Waals surface area contributed by atoms with Gasteiger partial charge in [-0.2, -0.15) is 13.2 Å². The van der Waals surface area contributed by atoms with Crippen molar-refractivity contribution in [1.29, 1.82) is 0 Å². The smallest absolute Gasteiger partial charge is 0.422 e. The molecule has 0 saturated heterocycles. The standard InChI is InChI=1S/C19H18F3NO5/c20-19(21,22)12-28-16-4-2-1-3-15(16)27-11-17(24)23-10-9-13-5-7-14(8-6-13)18(25)26/h1-8H,9-12H2,(H,23,24)(H,25,26). The molecule has 0 aliphatic heterocycles. The van der Waals surface area contributed by atoms with E-state index in [1.165, 1.54) is 30.3 Å². The summed E-state index contributed by atoms with van der Waals surface area (Å²) in [5, 5.41) is 11.4. The topological polar surface area (TPSA) is 84.9 Å². The number of para-hydroxylation sites is 2. The third-order valence-electron chi connectivity index (χ3n) is 3.54. The van der Waals surface area contributed by atoms with Gasteiger partial charge >= 0.3 is 12.1 Å². The molecular weight excluding hydrogens is 379 g/mol. The summed E-state index contributed by atoms with van der Waals surface area (Å²) in [6, 6.07) is 12.0. The van der Waals surface area contributed by atoms with Gasteiger partial charge in [-0.15, -0.1) is 0 Å². The van der Waals surface area contributed by atoms with Crippen molar-refractivity contribution in [3.05, 3.63) is 59.7 Å². The molecule has 0 saturated carbocycles. The lowest BCUT2D eigenvalue weighted by Crippen LogP contribution is -2.30. The molecule has 6 nitrogen and oxygen atoms in total. The lowest BCUT2D eigenvalue weighted by Gasteiger charge is -2.13. The third-order valence-corrected chi connectivity index (χ3v) is 3.54. The summed E-state index contributed by atoms with van der Waals surface area (Å²) in [7, 11) is 0. The highest BCUT2D eigenvalue weighted by molar-refractivity contribution is 5.87. The van der Waals surface area contributed by atoms with Crippen LogP contribution >= 0.6 is 0 Å². The monoisotopic (exact) mass is 397 g/mol.